The molecule has 1 saturated heterocycles. The third-order valence-corrected chi connectivity index (χ3v) is 2.87. The molecule has 0 bridgehead atoms. The van der Waals surface area contributed by atoms with E-state index < -0.39 is 9.52 Å². The summed E-state index contributed by atoms with van der Waals surface area (Å²) in [6.07, 6.45) is 1.16. The highest BCUT2D eigenvalue weighted by Crippen LogP contribution is 2.38. The van der Waals surface area contributed by atoms with Gasteiger partial charge in [0, 0.05) is 6.61 Å². The van der Waals surface area contributed by atoms with Gasteiger partial charge in [-0.05, 0) is 12.8 Å². The van der Waals surface area contributed by atoms with E-state index in [0.717, 1.165) is 12.8 Å². The number of aliphatic hydroxyl groups is 1. The molecule has 0 aliphatic carbocycles. The molecule has 1 unspecified atom stereocenters. The van der Waals surface area contributed by atoms with Crippen molar-refractivity contribution in [2.24, 2.45) is 0 Å². The Labute approximate surface area is 70.8 Å². The second-order valence-electron chi connectivity index (χ2n) is 2.09. The van der Waals surface area contributed by atoms with Crippen LogP contribution in [0.5, 0.6) is 0 Å². The first-order valence-corrected chi connectivity index (χ1v) is 4.39. The maximum atomic E-state index is 9.12. The topological polar surface area (TPSA) is 29.5 Å². The third-order valence-electron chi connectivity index (χ3n) is 1.29. The van der Waals surface area contributed by atoms with Crippen LogP contribution in [0.25, 0.3) is 0 Å². The first kappa shape index (κ1) is 7.98. The lowest BCUT2D eigenvalue weighted by molar-refractivity contribution is -0.122. The van der Waals surface area contributed by atoms with Gasteiger partial charge < -0.3 is 9.84 Å². The number of halogens is 2. The summed E-state index contributed by atoms with van der Waals surface area (Å²) in [6, 6.07) is 0. The standard InChI is InChI=1S/C5H8Br2O2/c6-5(7)2-1-3-9-4(5)8/h4,8H,1-3H2. The summed E-state index contributed by atoms with van der Waals surface area (Å²) in [5.41, 5.74) is 0. The van der Waals surface area contributed by atoms with Gasteiger partial charge in [0.2, 0.25) is 0 Å². The van der Waals surface area contributed by atoms with Gasteiger partial charge in [0.25, 0.3) is 0 Å². The minimum Gasteiger partial charge on any atom is -0.366 e. The molecule has 0 aromatic carbocycles. The van der Waals surface area contributed by atoms with Gasteiger partial charge in [0.1, 0.15) is 3.23 Å². The van der Waals surface area contributed by atoms with Crippen molar-refractivity contribution in [3.05, 3.63) is 0 Å². The number of rotatable bonds is 0. The van der Waals surface area contributed by atoms with Gasteiger partial charge in [-0.25, -0.2) is 0 Å². The molecule has 0 saturated carbocycles. The number of alkyl halides is 2. The van der Waals surface area contributed by atoms with Crippen LogP contribution < -0.4 is 0 Å². The second kappa shape index (κ2) is 2.86. The van der Waals surface area contributed by atoms with Crippen LogP contribution in [-0.2, 0) is 4.74 Å². The molecular formula is C5H8Br2O2. The zero-order valence-electron chi connectivity index (χ0n) is 4.81. The Hall–Kier alpha value is 0.880. The number of ether oxygens (including phenoxy) is 1. The van der Waals surface area contributed by atoms with Crippen LogP contribution in [0.4, 0.5) is 0 Å². The van der Waals surface area contributed by atoms with E-state index in [4.69, 9.17) is 9.84 Å². The molecule has 0 spiro atoms. The molecule has 54 valence electrons. The zero-order chi connectivity index (χ0) is 6.91. The predicted molar refractivity (Wildman–Crippen MR) is 41.8 cm³/mol. The Morgan fingerprint density at radius 2 is 2.22 bits per heavy atom. The summed E-state index contributed by atoms with van der Waals surface area (Å²) in [5.74, 6) is 0. The Balaban J connectivity index is 2.49. The van der Waals surface area contributed by atoms with Crippen molar-refractivity contribution >= 4 is 31.9 Å². The minimum absolute atomic E-state index is 0.405. The van der Waals surface area contributed by atoms with Crippen molar-refractivity contribution in [1.82, 2.24) is 0 Å². The van der Waals surface area contributed by atoms with Crippen LogP contribution in [0.3, 0.4) is 0 Å². The van der Waals surface area contributed by atoms with Crippen molar-refractivity contribution in [1.29, 1.82) is 0 Å². The monoisotopic (exact) mass is 258 g/mol. The van der Waals surface area contributed by atoms with Gasteiger partial charge in [-0.1, -0.05) is 31.9 Å². The molecule has 1 fully saturated rings. The molecule has 0 aromatic heterocycles. The van der Waals surface area contributed by atoms with Crippen LogP contribution in [0.2, 0.25) is 0 Å². The molecule has 0 aromatic rings. The lowest BCUT2D eigenvalue weighted by Gasteiger charge is -2.30. The van der Waals surface area contributed by atoms with Gasteiger partial charge in [-0.15, -0.1) is 0 Å². The van der Waals surface area contributed by atoms with Crippen LogP contribution in [0.15, 0.2) is 0 Å². The van der Waals surface area contributed by atoms with E-state index in [9.17, 15) is 0 Å². The van der Waals surface area contributed by atoms with E-state index in [1.807, 2.05) is 0 Å². The summed E-state index contributed by atoms with van der Waals surface area (Å²) in [7, 11) is 0. The highest BCUT2D eigenvalue weighted by Gasteiger charge is 2.35. The first-order valence-electron chi connectivity index (χ1n) is 2.80. The summed E-state index contributed by atoms with van der Waals surface area (Å²) in [4.78, 5) is 0. The van der Waals surface area contributed by atoms with Crippen LogP contribution in [0.1, 0.15) is 12.8 Å². The lowest BCUT2D eigenvalue weighted by atomic mass is 10.2. The van der Waals surface area contributed by atoms with E-state index in [1.165, 1.54) is 0 Å². The third kappa shape index (κ3) is 1.90. The first-order chi connectivity index (χ1) is 4.13. The maximum absolute atomic E-state index is 9.12. The van der Waals surface area contributed by atoms with Crippen LogP contribution in [-0.4, -0.2) is 21.2 Å². The second-order valence-corrected chi connectivity index (χ2v) is 5.98. The van der Waals surface area contributed by atoms with Crippen molar-refractivity contribution in [2.75, 3.05) is 6.61 Å². The van der Waals surface area contributed by atoms with Crippen LogP contribution in [0, 0.1) is 0 Å². The Morgan fingerprint density at radius 1 is 1.56 bits per heavy atom. The number of hydrogen-bond donors (Lipinski definition) is 1. The minimum atomic E-state index is -0.716. The molecule has 1 N–H and O–H groups in total. The summed E-state index contributed by atoms with van der Waals surface area (Å²) in [5, 5.41) is 9.12. The quantitative estimate of drug-likeness (QED) is 0.670. The highest BCUT2D eigenvalue weighted by molar-refractivity contribution is 9.25. The molecule has 4 heteroatoms. The van der Waals surface area contributed by atoms with Gasteiger partial charge in [0.05, 0.1) is 0 Å². The molecule has 1 heterocycles. The number of hydrogen-bond acceptors (Lipinski definition) is 2. The van der Waals surface area contributed by atoms with Crippen molar-refractivity contribution in [3.8, 4) is 0 Å². The fraction of sp³-hybridized carbons (Fsp3) is 1.00. The van der Waals surface area contributed by atoms with Gasteiger partial charge >= 0.3 is 0 Å². The summed E-state index contributed by atoms with van der Waals surface area (Å²) >= 11 is 6.60. The smallest absolute Gasteiger partial charge is 0.179 e. The molecule has 0 radical (unpaired) electrons. The normalized spacial score (nSPS) is 34.3. The molecule has 9 heavy (non-hydrogen) atoms. The van der Waals surface area contributed by atoms with Crippen molar-refractivity contribution in [2.45, 2.75) is 22.4 Å². The van der Waals surface area contributed by atoms with Gasteiger partial charge in [-0.3, -0.25) is 0 Å². The Kier molecular flexibility index (Phi) is 2.54. The van der Waals surface area contributed by atoms with Crippen molar-refractivity contribution in [3.63, 3.8) is 0 Å². The molecule has 1 aliphatic heterocycles. The fourth-order valence-corrected chi connectivity index (χ4v) is 1.57. The summed E-state index contributed by atoms with van der Waals surface area (Å²) < 4.78 is 4.55. The summed E-state index contributed by atoms with van der Waals surface area (Å²) in [6.45, 7) is 0.653. The maximum Gasteiger partial charge on any atom is 0.179 e. The highest BCUT2D eigenvalue weighted by atomic mass is 79.9. The molecule has 2 nitrogen and oxygen atoms in total. The van der Waals surface area contributed by atoms with Gasteiger partial charge in [0.15, 0.2) is 6.29 Å². The van der Waals surface area contributed by atoms with E-state index in [1.54, 1.807) is 0 Å². The Bertz CT molecular complexity index is 105. The average molecular weight is 260 g/mol. The SMILES string of the molecule is OC1OCCCC1(Br)Br. The lowest BCUT2D eigenvalue weighted by Crippen LogP contribution is -2.37. The zero-order valence-corrected chi connectivity index (χ0v) is 7.98. The van der Waals surface area contributed by atoms with E-state index >= 15 is 0 Å². The predicted octanol–water partition coefficient (Wildman–Crippen LogP) is 1.60. The van der Waals surface area contributed by atoms with Crippen LogP contribution >= 0.6 is 31.9 Å². The molecule has 1 atom stereocenters. The van der Waals surface area contributed by atoms with E-state index in [0.29, 0.717) is 6.61 Å². The average Bonchev–Trinajstić information content (AvgIpc) is 1.77. The van der Waals surface area contributed by atoms with E-state index in [-0.39, 0.29) is 0 Å². The Morgan fingerprint density at radius 3 is 2.56 bits per heavy atom. The molecule has 1 aliphatic rings. The van der Waals surface area contributed by atoms with Gasteiger partial charge in [-0.2, -0.15) is 0 Å². The molecular weight excluding hydrogens is 252 g/mol. The molecule has 0 amide bonds. The fourth-order valence-electron chi connectivity index (χ4n) is 0.748. The molecule has 1 rings (SSSR count). The van der Waals surface area contributed by atoms with Crippen molar-refractivity contribution < 1.29 is 9.84 Å². The van der Waals surface area contributed by atoms with E-state index in [2.05, 4.69) is 31.9 Å². The largest absolute Gasteiger partial charge is 0.366 e. The number of aliphatic hydroxyl groups excluding tert-OH is 1.